The SMILES string of the molecule is CC(C)COC(=O)N1CCN(C(=O)c2cc(C(C)C)nc3c2cnn3C(C)C)CC1. The minimum atomic E-state index is -0.303. The van der Waals surface area contributed by atoms with Crippen molar-refractivity contribution in [3.63, 3.8) is 0 Å². The van der Waals surface area contributed by atoms with Gasteiger partial charge in [0.1, 0.15) is 0 Å². The Morgan fingerprint density at radius 2 is 1.67 bits per heavy atom. The smallest absolute Gasteiger partial charge is 0.409 e. The summed E-state index contributed by atoms with van der Waals surface area (Å²) in [5.41, 5.74) is 2.26. The summed E-state index contributed by atoms with van der Waals surface area (Å²) in [6.07, 6.45) is 1.43. The molecule has 1 aliphatic rings. The van der Waals surface area contributed by atoms with E-state index in [0.29, 0.717) is 44.3 Å². The number of amides is 2. The predicted octanol–water partition coefficient (Wildman–Crippen LogP) is 3.69. The average Bonchev–Trinajstić information content (AvgIpc) is 3.15. The second kappa shape index (κ2) is 9.02. The van der Waals surface area contributed by atoms with Gasteiger partial charge >= 0.3 is 6.09 Å². The molecule has 0 saturated carbocycles. The van der Waals surface area contributed by atoms with Gasteiger partial charge in [0, 0.05) is 37.9 Å². The summed E-state index contributed by atoms with van der Waals surface area (Å²) in [6, 6.07) is 2.05. The molecule has 0 aliphatic carbocycles. The van der Waals surface area contributed by atoms with E-state index in [0.717, 1.165) is 16.7 Å². The Labute approximate surface area is 178 Å². The van der Waals surface area contributed by atoms with E-state index in [1.54, 1.807) is 16.0 Å². The van der Waals surface area contributed by atoms with Gasteiger partial charge in [-0.05, 0) is 31.7 Å². The van der Waals surface area contributed by atoms with Crippen LogP contribution in [0.3, 0.4) is 0 Å². The van der Waals surface area contributed by atoms with Crippen LogP contribution in [0.5, 0.6) is 0 Å². The van der Waals surface area contributed by atoms with Crippen molar-refractivity contribution in [1.82, 2.24) is 24.6 Å². The fraction of sp³-hybridized carbons (Fsp3) is 0.636. The highest BCUT2D eigenvalue weighted by molar-refractivity contribution is 6.05. The van der Waals surface area contributed by atoms with Crippen molar-refractivity contribution in [2.45, 2.75) is 53.5 Å². The molecule has 0 aromatic carbocycles. The molecule has 0 radical (unpaired) electrons. The van der Waals surface area contributed by atoms with E-state index in [-0.39, 0.29) is 24.0 Å². The summed E-state index contributed by atoms with van der Waals surface area (Å²) in [5, 5.41) is 5.24. The van der Waals surface area contributed by atoms with Gasteiger partial charge < -0.3 is 14.5 Å². The predicted molar refractivity (Wildman–Crippen MR) is 116 cm³/mol. The second-order valence-electron chi connectivity index (χ2n) is 8.92. The Balaban J connectivity index is 1.80. The summed E-state index contributed by atoms with van der Waals surface area (Å²) >= 11 is 0. The average molecular weight is 416 g/mol. The van der Waals surface area contributed by atoms with Crippen molar-refractivity contribution in [2.75, 3.05) is 32.8 Å². The van der Waals surface area contributed by atoms with Crippen LogP contribution >= 0.6 is 0 Å². The lowest BCUT2D eigenvalue weighted by molar-refractivity contribution is 0.0536. The third-order valence-electron chi connectivity index (χ3n) is 5.26. The standard InChI is InChI=1S/C22H33N5O3/c1-14(2)13-30-22(29)26-9-7-25(8-10-26)21(28)17-11-19(15(3)4)24-20-18(17)12-23-27(20)16(5)6/h11-12,14-16H,7-10,13H2,1-6H3. The molecule has 1 saturated heterocycles. The Morgan fingerprint density at radius 3 is 2.23 bits per heavy atom. The highest BCUT2D eigenvalue weighted by Crippen LogP contribution is 2.25. The largest absolute Gasteiger partial charge is 0.449 e. The maximum Gasteiger partial charge on any atom is 0.409 e. The molecule has 3 heterocycles. The molecule has 1 aliphatic heterocycles. The van der Waals surface area contributed by atoms with Crippen molar-refractivity contribution in [1.29, 1.82) is 0 Å². The molecule has 2 aromatic rings. The number of hydrogen-bond acceptors (Lipinski definition) is 5. The van der Waals surface area contributed by atoms with Crippen LogP contribution in [0, 0.1) is 5.92 Å². The zero-order valence-corrected chi connectivity index (χ0v) is 18.9. The first-order valence-corrected chi connectivity index (χ1v) is 10.8. The minimum absolute atomic E-state index is 0.0391. The second-order valence-corrected chi connectivity index (χ2v) is 8.92. The van der Waals surface area contributed by atoms with E-state index >= 15 is 0 Å². The van der Waals surface area contributed by atoms with Gasteiger partial charge in [-0.2, -0.15) is 5.10 Å². The van der Waals surface area contributed by atoms with Crippen molar-refractivity contribution in [3.8, 4) is 0 Å². The van der Waals surface area contributed by atoms with Crippen LogP contribution in [-0.4, -0.2) is 69.4 Å². The van der Waals surface area contributed by atoms with Gasteiger partial charge in [0.15, 0.2) is 5.65 Å². The number of aromatic nitrogens is 3. The molecule has 0 bridgehead atoms. The van der Waals surface area contributed by atoms with Crippen LogP contribution in [0.25, 0.3) is 11.0 Å². The summed E-state index contributed by atoms with van der Waals surface area (Å²) < 4.78 is 7.17. The van der Waals surface area contributed by atoms with Gasteiger partial charge in [-0.15, -0.1) is 0 Å². The van der Waals surface area contributed by atoms with Crippen LogP contribution in [0.2, 0.25) is 0 Å². The molecule has 2 aromatic heterocycles. The summed E-state index contributed by atoms with van der Waals surface area (Å²) in [4.78, 5) is 33.8. The fourth-order valence-corrected chi connectivity index (χ4v) is 3.48. The lowest BCUT2D eigenvalue weighted by Crippen LogP contribution is -2.50. The molecule has 1 fully saturated rings. The fourth-order valence-electron chi connectivity index (χ4n) is 3.48. The molecular formula is C22H33N5O3. The molecular weight excluding hydrogens is 382 g/mol. The minimum Gasteiger partial charge on any atom is -0.449 e. The summed E-state index contributed by atoms with van der Waals surface area (Å²) in [7, 11) is 0. The number of hydrogen-bond donors (Lipinski definition) is 0. The molecule has 0 atom stereocenters. The number of nitrogens with zero attached hydrogens (tertiary/aromatic N) is 5. The van der Waals surface area contributed by atoms with Gasteiger partial charge in [-0.25, -0.2) is 14.5 Å². The van der Waals surface area contributed by atoms with Crippen molar-refractivity contribution in [3.05, 3.63) is 23.5 Å². The number of fused-ring (bicyclic) bond motifs is 1. The van der Waals surface area contributed by atoms with Crippen LogP contribution in [0.1, 0.15) is 69.6 Å². The molecule has 0 unspecified atom stereocenters. The molecule has 8 nitrogen and oxygen atoms in total. The van der Waals surface area contributed by atoms with Crippen LogP contribution in [-0.2, 0) is 4.74 Å². The van der Waals surface area contributed by atoms with Crippen LogP contribution in [0.4, 0.5) is 4.79 Å². The molecule has 0 N–H and O–H groups in total. The van der Waals surface area contributed by atoms with Gasteiger partial charge in [-0.3, -0.25) is 4.79 Å². The Hall–Kier alpha value is -2.64. The molecule has 0 spiro atoms. The third kappa shape index (κ3) is 4.57. The van der Waals surface area contributed by atoms with Crippen LogP contribution < -0.4 is 0 Å². The normalized spacial score (nSPS) is 15.0. The third-order valence-corrected chi connectivity index (χ3v) is 5.26. The summed E-state index contributed by atoms with van der Waals surface area (Å²) in [6.45, 7) is 14.6. The number of ether oxygens (including phenoxy) is 1. The number of rotatable bonds is 5. The highest BCUT2D eigenvalue weighted by Gasteiger charge is 2.28. The first-order chi connectivity index (χ1) is 14.2. The van der Waals surface area contributed by atoms with E-state index in [1.165, 1.54) is 0 Å². The Morgan fingerprint density at radius 1 is 1.03 bits per heavy atom. The first kappa shape index (κ1) is 22.1. The highest BCUT2D eigenvalue weighted by atomic mass is 16.6. The van der Waals surface area contributed by atoms with E-state index in [4.69, 9.17) is 9.72 Å². The monoisotopic (exact) mass is 415 g/mol. The van der Waals surface area contributed by atoms with Crippen molar-refractivity contribution < 1.29 is 14.3 Å². The Bertz CT molecular complexity index is 911. The summed E-state index contributed by atoms with van der Waals surface area (Å²) in [5.74, 6) is 0.458. The first-order valence-electron chi connectivity index (χ1n) is 10.8. The lowest BCUT2D eigenvalue weighted by atomic mass is 10.0. The van der Waals surface area contributed by atoms with Gasteiger partial charge in [0.2, 0.25) is 0 Å². The van der Waals surface area contributed by atoms with E-state index in [1.807, 2.05) is 24.6 Å². The Kier molecular flexibility index (Phi) is 6.63. The van der Waals surface area contributed by atoms with Gasteiger partial charge in [-0.1, -0.05) is 27.7 Å². The number of pyridine rings is 1. The quantitative estimate of drug-likeness (QED) is 0.744. The van der Waals surface area contributed by atoms with Gasteiger partial charge in [0.05, 0.1) is 23.8 Å². The van der Waals surface area contributed by atoms with E-state index in [9.17, 15) is 9.59 Å². The number of carbonyl (C=O) groups excluding carboxylic acids is 2. The van der Waals surface area contributed by atoms with Gasteiger partial charge in [0.25, 0.3) is 5.91 Å². The molecule has 2 amide bonds. The lowest BCUT2D eigenvalue weighted by Gasteiger charge is -2.34. The van der Waals surface area contributed by atoms with Crippen LogP contribution in [0.15, 0.2) is 12.3 Å². The maximum atomic E-state index is 13.4. The maximum absolute atomic E-state index is 13.4. The zero-order valence-electron chi connectivity index (χ0n) is 18.9. The van der Waals surface area contributed by atoms with Crippen molar-refractivity contribution in [2.24, 2.45) is 5.92 Å². The molecule has 30 heavy (non-hydrogen) atoms. The topological polar surface area (TPSA) is 80.6 Å². The van der Waals surface area contributed by atoms with Crippen molar-refractivity contribution >= 4 is 23.0 Å². The molecule has 164 valence electrons. The number of piperazine rings is 1. The van der Waals surface area contributed by atoms with E-state index < -0.39 is 0 Å². The van der Waals surface area contributed by atoms with E-state index in [2.05, 4.69) is 32.8 Å². The molecule has 3 rings (SSSR count). The zero-order chi connectivity index (χ0) is 22.0. The number of carbonyl (C=O) groups is 2. The molecule has 8 heteroatoms.